The highest BCUT2D eigenvalue weighted by molar-refractivity contribution is 6.02. The van der Waals surface area contributed by atoms with Gasteiger partial charge in [0.1, 0.15) is 29.3 Å². The smallest absolute Gasteiger partial charge is 0.271 e. The lowest BCUT2D eigenvalue weighted by atomic mass is 9.72. The van der Waals surface area contributed by atoms with Crippen molar-refractivity contribution < 1.29 is 28.3 Å². The summed E-state index contributed by atoms with van der Waals surface area (Å²) in [6.45, 7) is 4.19. The first-order chi connectivity index (χ1) is 18.9. The van der Waals surface area contributed by atoms with Gasteiger partial charge in [-0.2, -0.15) is 0 Å². The summed E-state index contributed by atoms with van der Waals surface area (Å²) < 4.78 is 19.9. The van der Waals surface area contributed by atoms with Crippen LogP contribution in [0.25, 0.3) is 10.9 Å². The maximum absolute atomic E-state index is 14.6. The molecule has 2 unspecified atom stereocenters. The van der Waals surface area contributed by atoms with Crippen LogP contribution in [-0.2, 0) is 14.4 Å². The van der Waals surface area contributed by atoms with Gasteiger partial charge in [0.25, 0.3) is 5.91 Å². The lowest BCUT2D eigenvalue weighted by Gasteiger charge is -2.32. The second kappa shape index (κ2) is 10.4. The van der Waals surface area contributed by atoms with E-state index in [2.05, 4.69) is 15.6 Å². The first-order valence-corrected chi connectivity index (χ1v) is 14.0. The molecule has 10 nitrogen and oxygen atoms in total. The lowest BCUT2D eigenvalue weighted by Crippen LogP contribution is -2.53. The van der Waals surface area contributed by atoms with Crippen molar-refractivity contribution >= 4 is 34.5 Å². The average molecular weight is 556 g/mol. The Labute approximate surface area is 232 Å². The fourth-order valence-corrected chi connectivity index (χ4v) is 6.96. The number of hydrogen-bond acceptors (Lipinski definition) is 5. The maximum atomic E-state index is 14.6. The lowest BCUT2D eigenvalue weighted by molar-refractivity contribution is -0.131. The van der Waals surface area contributed by atoms with E-state index in [1.165, 1.54) is 19.2 Å². The van der Waals surface area contributed by atoms with Crippen molar-refractivity contribution in [3.05, 3.63) is 29.7 Å². The molecule has 2 saturated heterocycles. The van der Waals surface area contributed by atoms with E-state index >= 15 is 0 Å². The van der Waals surface area contributed by atoms with Crippen LogP contribution in [0.1, 0.15) is 75.7 Å². The minimum Gasteiger partial charge on any atom is -0.496 e. The van der Waals surface area contributed by atoms with Crippen molar-refractivity contribution in [3.8, 4) is 5.75 Å². The van der Waals surface area contributed by atoms with Crippen molar-refractivity contribution in [2.75, 3.05) is 13.7 Å². The molecule has 2 aliphatic heterocycles. The minimum atomic E-state index is -1.05. The number of aromatic nitrogens is 1. The van der Waals surface area contributed by atoms with Gasteiger partial charge in [0.2, 0.25) is 17.7 Å². The summed E-state index contributed by atoms with van der Waals surface area (Å²) >= 11 is 0. The molecule has 3 aliphatic rings. The zero-order chi connectivity index (χ0) is 28.8. The number of primary amides is 1. The van der Waals surface area contributed by atoms with Gasteiger partial charge in [-0.1, -0.05) is 19.3 Å². The van der Waals surface area contributed by atoms with Crippen molar-refractivity contribution in [2.45, 2.75) is 82.8 Å². The largest absolute Gasteiger partial charge is 0.496 e. The number of carbonyl (C=O) groups is 4. The van der Waals surface area contributed by atoms with E-state index in [0.717, 1.165) is 32.1 Å². The Morgan fingerprint density at radius 1 is 1.20 bits per heavy atom. The second-order valence-corrected chi connectivity index (χ2v) is 12.4. The first-order valence-electron chi connectivity index (χ1n) is 14.0. The van der Waals surface area contributed by atoms with Crippen LogP contribution >= 0.6 is 0 Å². The molecule has 1 saturated carbocycles. The highest BCUT2D eigenvalue weighted by Gasteiger charge is 2.50. The summed E-state index contributed by atoms with van der Waals surface area (Å²) in [6, 6.07) is 2.43. The molecule has 1 aromatic carbocycles. The number of nitrogens with one attached hydrogen (secondary N) is 3. The fraction of sp³-hybridized carbons (Fsp3) is 0.586. The number of H-pyrrole nitrogens is 1. The van der Waals surface area contributed by atoms with Crippen LogP contribution in [0, 0.1) is 17.2 Å². The fourth-order valence-electron chi connectivity index (χ4n) is 6.96. The molecule has 0 bridgehead atoms. The van der Waals surface area contributed by atoms with Crippen molar-refractivity contribution in [3.63, 3.8) is 0 Å². The minimum absolute atomic E-state index is 0.0865. The second-order valence-electron chi connectivity index (χ2n) is 12.4. The van der Waals surface area contributed by atoms with E-state index < -0.39 is 47.1 Å². The molecule has 0 radical (unpaired) electrons. The number of fused-ring (bicyclic) bond motifs is 1. The normalized spacial score (nSPS) is 24.2. The van der Waals surface area contributed by atoms with Crippen LogP contribution < -0.4 is 21.1 Å². The Morgan fingerprint density at radius 3 is 2.55 bits per heavy atom. The van der Waals surface area contributed by atoms with E-state index in [-0.39, 0.29) is 29.0 Å². The average Bonchev–Trinajstić information content (AvgIpc) is 3.58. The Bertz CT molecular complexity index is 1350. The number of methoxy groups -OCH3 is 1. The van der Waals surface area contributed by atoms with Gasteiger partial charge >= 0.3 is 0 Å². The molecule has 5 N–H and O–H groups in total. The van der Waals surface area contributed by atoms with Gasteiger partial charge < -0.3 is 31.0 Å². The Morgan fingerprint density at radius 2 is 1.93 bits per heavy atom. The van der Waals surface area contributed by atoms with Crippen LogP contribution in [-0.4, -0.2) is 64.8 Å². The standard InChI is InChI=1S/C29H38FN5O5/c1-28(2)13-16(25(37)34-28)11-19(24(31)36)33-26(38)21-14-29(9-5-4-6-10-29)15-35(21)27(39)20-12-17-22(40-3)8-7-18(30)23(17)32-20/h7-8,12,16,19,21,32H,4-6,9-11,13-15H2,1-3H3,(H2,31,36)(H,33,38)(H,34,37)/t16-,19?,21?/m1/s1. The third-order valence-electron chi connectivity index (χ3n) is 8.91. The summed E-state index contributed by atoms with van der Waals surface area (Å²) in [4.78, 5) is 56.9. The molecule has 1 spiro atoms. The topological polar surface area (TPSA) is 147 Å². The monoisotopic (exact) mass is 555 g/mol. The third-order valence-corrected chi connectivity index (χ3v) is 8.91. The molecule has 1 aromatic heterocycles. The highest BCUT2D eigenvalue weighted by atomic mass is 19.1. The number of benzene rings is 1. The van der Waals surface area contributed by atoms with Crippen molar-refractivity contribution in [1.82, 2.24) is 20.5 Å². The number of hydrogen-bond donors (Lipinski definition) is 4. The Balaban J connectivity index is 1.41. The molecule has 11 heteroatoms. The van der Waals surface area contributed by atoms with Gasteiger partial charge in [-0.25, -0.2) is 4.39 Å². The van der Waals surface area contributed by atoms with Crippen molar-refractivity contribution in [1.29, 1.82) is 0 Å². The molecular formula is C29H38FN5O5. The molecule has 40 heavy (non-hydrogen) atoms. The summed E-state index contributed by atoms with van der Waals surface area (Å²) in [5.74, 6) is -2.36. The van der Waals surface area contributed by atoms with Crippen LogP contribution in [0.4, 0.5) is 4.39 Å². The highest BCUT2D eigenvalue weighted by Crippen LogP contribution is 2.47. The molecule has 216 valence electrons. The van der Waals surface area contributed by atoms with E-state index in [1.807, 2.05) is 13.8 Å². The molecule has 5 rings (SSSR count). The number of nitrogens with two attached hydrogens (primary N) is 1. The number of amides is 4. The molecule has 4 amide bonds. The van der Waals surface area contributed by atoms with Gasteiger partial charge in [-0.3, -0.25) is 19.2 Å². The summed E-state index contributed by atoms with van der Waals surface area (Å²) in [5.41, 5.74) is 5.36. The zero-order valence-corrected chi connectivity index (χ0v) is 23.3. The van der Waals surface area contributed by atoms with Gasteiger partial charge in [-0.05, 0) is 69.6 Å². The Hall–Kier alpha value is -3.63. The predicted octanol–water partition coefficient (Wildman–Crippen LogP) is 2.76. The van der Waals surface area contributed by atoms with E-state index in [4.69, 9.17) is 10.5 Å². The zero-order valence-electron chi connectivity index (χ0n) is 23.3. The molecule has 2 aromatic rings. The van der Waals surface area contributed by atoms with E-state index in [0.29, 0.717) is 30.5 Å². The van der Waals surface area contributed by atoms with Crippen LogP contribution in [0.5, 0.6) is 5.75 Å². The van der Waals surface area contributed by atoms with Crippen molar-refractivity contribution in [2.24, 2.45) is 17.1 Å². The number of nitrogens with zero attached hydrogens (tertiary/aromatic N) is 1. The number of halogens is 1. The van der Waals surface area contributed by atoms with Gasteiger partial charge in [0.05, 0.1) is 12.6 Å². The quantitative estimate of drug-likeness (QED) is 0.415. The summed E-state index contributed by atoms with van der Waals surface area (Å²) in [7, 11) is 1.47. The molecular weight excluding hydrogens is 517 g/mol. The molecule has 3 atom stereocenters. The molecule has 3 heterocycles. The predicted molar refractivity (Wildman–Crippen MR) is 146 cm³/mol. The van der Waals surface area contributed by atoms with Crippen LogP contribution in [0.2, 0.25) is 0 Å². The van der Waals surface area contributed by atoms with Gasteiger partial charge in [-0.15, -0.1) is 0 Å². The third kappa shape index (κ3) is 5.25. The number of rotatable bonds is 7. The maximum Gasteiger partial charge on any atom is 0.271 e. The number of ether oxygens (including phenoxy) is 1. The molecule has 1 aliphatic carbocycles. The molecule has 3 fully saturated rings. The number of carbonyl (C=O) groups excluding carboxylic acids is 4. The Kier molecular flexibility index (Phi) is 7.26. The van der Waals surface area contributed by atoms with E-state index in [9.17, 15) is 23.6 Å². The first kappa shape index (κ1) is 27.9. The van der Waals surface area contributed by atoms with Gasteiger partial charge in [0.15, 0.2) is 0 Å². The van der Waals surface area contributed by atoms with Gasteiger partial charge in [0, 0.05) is 23.4 Å². The summed E-state index contributed by atoms with van der Waals surface area (Å²) in [6.07, 6.45) is 6.00. The number of aromatic amines is 1. The summed E-state index contributed by atoms with van der Waals surface area (Å²) in [5, 5.41) is 6.11. The van der Waals surface area contributed by atoms with Crippen LogP contribution in [0.3, 0.4) is 0 Å². The SMILES string of the molecule is COc1ccc(F)c2[nH]c(C(=O)N3CC4(CCCCC4)CC3C(=O)NC(C[C@@H]3CC(C)(C)NC3=O)C(N)=O)cc12. The van der Waals surface area contributed by atoms with Crippen LogP contribution in [0.15, 0.2) is 18.2 Å². The number of likely N-dealkylation sites (tertiary alicyclic amines) is 1. The van der Waals surface area contributed by atoms with E-state index in [1.54, 1.807) is 11.0 Å².